The van der Waals surface area contributed by atoms with Gasteiger partial charge in [-0.1, -0.05) is 12.1 Å². The lowest BCUT2D eigenvalue weighted by atomic mass is 10.0. The van der Waals surface area contributed by atoms with Crippen LogP contribution in [-0.2, 0) is 13.0 Å². The summed E-state index contributed by atoms with van der Waals surface area (Å²) in [7, 11) is 0. The quantitative estimate of drug-likeness (QED) is 0.537. The minimum atomic E-state index is -0.145. The zero-order valence-electron chi connectivity index (χ0n) is 18.5. The predicted molar refractivity (Wildman–Crippen MR) is 128 cm³/mol. The van der Waals surface area contributed by atoms with E-state index in [0.717, 1.165) is 49.6 Å². The number of hydrogen-bond acceptors (Lipinski definition) is 7. The molecule has 4 heterocycles. The minimum Gasteiger partial charge on any atom is -0.491 e. The molecule has 3 N–H and O–H groups in total. The molecule has 0 spiro atoms. The lowest BCUT2D eigenvalue weighted by molar-refractivity contribution is 0.0915. The van der Waals surface area contributed by atoms with Crippen LogP contribution in [0.5, 0.6) is 5.75 Å². The largest absolute Gasteiger partial charge is 0.491 e. The van der Waals surface area contributed by atoms with Crippen molar-refractivity contribution in [2.75, 3.05) is 43.0 Å². The van der Waals surface area contributed by atoms with Gasteiger partial charge in [-0.2, -0.15) is 0 Å². The van der Waals surface area contributed by atoms with Crippen LogP contribution in [0.25, 0.3) is 0 Å². The zero-order valence-corrected chi connectivity index (χ0v) is 18.5. The fourth-order valence-corrected chi connectivity index (χ4v) is 4.16. The number of fused-ring (bicyclic) bond motifs is 1. The Morgan fingerprint density at radius 3 is 2.82 bits per heavy atom. The van der Waals surface area contributed by atoms with Gasteiger partial charge >= 0.3 is 0 Å². The molecule has 2 aliphatic rings. The van der Waals surface area contributed by atoms with Gasteiger partial charge in [0.1, 0.15) is 18.2 Å². The number of carbonyl (C=O) groups is 1. The van der Waals surface area contributed by atoms with Crippen molar-refractivity contribution in [2.45, 2.75) is 19.0 Å². The van der Waals surface area contributed by atoms with E-state index in [2.05, 4.69) is 49.0 Å². The second-order valence-electron chi connectivity index (χ2n) is 8.32. The summed E-state index contributed by atoms with van der Waals surface area (Å²) in [5, 5.41) is 9.67. The van der Waals surface area contributed by atoms with E-state index < -0.39 is 0 Å². The maximum absolute atomic E-state index is 12.7. The molecular formula is C25H28N6O2. The number of benzene rings is 1. The lowest BCUT2D eigenvalue weighted by Gasteiger charge is -2.31. The van der Waals surface area contributed by atoms with E-state index >= 15 is 0 Å². The zero-order chi connectivity index (χ0) is 22.5. The van der Waals surface area contributed by atoms with E-state index in [1.165, 1.54) is 5.69 Å². The van der Waals surface area contributed by atoms with Gasteiger partial charge in [-0.3, -0.25) is 9.78 Å². The van der Waals surface area contributed by atoms with Crippen LogP contribution >= 0.6 is 0 Å². The number of hydrogen-bond donors (Lipinski definition) is 3. The number of anilines is 2. The Morgan fingerprint density at radius 1 is 1.12 bits per heavy atom. The average Bonchev–Trinajstić information content (AvgIpc) is 2.88. The molecular weight excluding hydrogens is 416 g/mol. The Bertz CT molecular complexity index is 1080. The van der Waals surface area contributed by atoms with Gasteiger partial charge in [-0.05, 0) is 42.3 Å². The van der Waals surface area contributed by atoms with Crippen LogP contribution in [0.3, 0.4) is 0 Å². The molecule has 0 aliphatic carbocycles. The Hall–Kier alpha value is -3.65. The van der Waals surface area contributed by atoms with Crippen molar-refractivity contribution < 1.29 is 9.53 Å². The first-order valence-corrected chi connectivity index (χ1v) is 11.4. The van der Waals surface area contributed by atoms with Crippen molar-refractivity contribution in [3.63, 3.8) is 0 Å². The smallest absolute Gasteiger partial charge is 0.253 e. The molecule has 2 aromatic heterocycles. The fraction of sp³-hybridized carbons (Fsp3) is 0.320. The number of pyridine rings is 2. The highest BCUT2D eigenvalue weighted by Crippen LogP contribution is 2.30. The summed E-state index contributed by atoms with van der Waals surface area (Å²) in [4.78, 5) is 23.7. The van der Waals surface area contributed by atoms with Crippen LogP contribution in [0.15, 0.2) is 60.9 Å². The van der Waals surface area contributed by atoms with E-state index in [1.807, 2.05) is 24.3 Å². The standard InChI is InChI=1S/C25H28N6O2/c32-25(19-5-7-24(28-15-19)29-16-20-3-1-2-8-27-20)30-21-13-18-4-6-22(14-23(18)33-17-21)31-11-9-26-10-12-31/h1-8,14-15,21,26H,9-13,16-17H2,(H,28,29)(H,30,32). The number of amides is 1. The predicted octanol–water partition coefficient (Wildman–Crippen LogP) is 2.23. The topological polar surface area (TPSA) is 91.4 Å². The third kappa shape index (κ3) is 5.23. The summed E-state index contributed by atoms with van der Waals surface area (Å²) in [5.74, 6) is 1.47. The van der Waals surface area contributed by atoms with Crippen LogP contribution < -0.4 is 25.6 Å². The number of nitrogens with zero attached hydrogens (tertiary/aromatic N) is 3. The second kappa shape index (κ2) is 9.87. The molecule has 1 fully saturated rings. The van der Waals surface area contributed by atoms with Gasteiger partial charge in [0.15, 0.2) is 0 Å². The highest BCUT2D eigenvalue weighted by molar-refractivity contribution is 5.94. The fourth-order valence-electron chi connectivity index (χ4n) is 4.16. The third-order valence-corrected chi connectivity index (χ3v) is 5.98. The first kappa shape index (κ1) is 21.2. The summed E-state index contributed by atoms with van der Waals surface area (Å²) >= 11 is 0. The minimum absolute atomic E-state index is 0.0722. The number of rotatable bonds is 6. The number of piperazine rings is 1. The highest BCUT2D eigenvalue weighted by atomic mass is 16.5. The van der Waals surface area contributed by atoms with Gasteiger partial charge in [0.05, 0.1) is 23.8 Å². The molecule has 0 bridgehead atoms. The van der Waals surface area contributed by atoms with E-state index in [4.69, 9.17) is 4.74 Å². The van der Waals surface area contributed by atoms with Crippen LogP contribution in [-0.4, -0.2) is 54.7 Å². The molecule has 0 saturated carbocycles. The molecule has 0 radical (unpaired) electrons. The number of carbonyl (C=O) groups excluding carboxylic acids is 1. The summed E-state index contributed by atoms with van der Waals surface area (Å²) < 4.78 is 6.01. The van der Waals surface area contributed by atoms with Crippen molar-refractivity contribution in [3.05, 3.63) is 77.7 Å². The first-order chi connectivity index (χ1) is 16.2. The molecule has 1 unspecified atom stereocenters. The second-order valence-corrected chi connectivity index (χ2v) is 8.32. The molecule has 8 nitrogen and oxygen atoms in total. The van der Waals surface area contributed by atoms with Gasteiger partial charge in [0.25, 0.3) is 5.91 Å². The number of ether oxygens (including phenoxy) is 1. The third-order valence-electron chi connectivity index (χ3n) is 5.98. The normalized spacial score (nSPS) is 17.6. The monoisotopic (exact) mass is 444 g/mol. The summed E-state index contributed by atoms with van der Waals surface area (Å²) in [6.45, 7) is 5.05. The molecule has 3 aromatic rings. The van der Waals surface area contributed by atoms with Crippen molar-refractivity contribution in [1.29, 1.82) is 0 Å². The van der Waals surface area contributed by atoms with Gasteiger partial charge in [-0.15, -0.1) is 0 Å². The molecule has 33 heavy (non-hydrogen) atoms. The lowest BCUT2D eigenvalue weighted by Crippen LogP contribution is -2.44. The van der Waals surface area contributed by atoms with Crippen molar-refractivity contribution in [2.24, 2.45) is 0 Å². The molecule has 8 heteroatoms. The van der Waals surface area contributed by atoms with Crippen LogP contribution in [0.4, 0.5) is 11.5 Å². The van der Waals surface area contributed by atoms with Crippen molar-refractivity contribution in [1.82, 2.24) is 20.6 Å². The van der Waals surface area contributed by atoms with E-state index in [0.29, 0.717) is 24.5 Å². The summed E-state index contributed by atoms with van der Waals surface area (Å²) in [5.41, 5.74) is 3.77. The Labute approximate surface area is 193 Å². The van der Waals surface area contributed by atoms with E-state index in [1.54, 1.807) is 18.5 Å². The van der Waals surface area contributed by atoms with Crippen LogP contribution in [0, 0.1) is 0 Å². The van der Waals surface area contributed by atoms with Gasteiger partial charge in [-0.25, -0.2) is 4.98 Å². The van der Waals surface area contributed by atoms with Crippen molar-refractivity contribution in [3.8, 4) is 5.75 Å². The summed E-state index contributed by atoms with van der Waals surface area (Å²) in [6, 6.07) is 15.7. The molecule has 1 saturated heterocycles. The molecule has 170 valence electrons. The van der Waals surface area contributed by atoms with E-state index in [9.17, 15) is 4.79 Å². The SMILES string of the molecule is O=C(NC1COc2cc(N3CCNCC3)ccc2C1)c1ccc(NCc2ccccn2)nc1. The Balaban J connectivity index is 1.15. The number of nitrogens with one attached hydrogen (secondary N) is 3. The molecule has 1 aromatic carbocycles. The molecule has 1 amide bonds. The van der Waals surface area contributed by atoms with Gasteiger partial charge in [0, 0.05) is 50.3 Å². The van der Waals surface area contributed by atoms with Gasteiger partial charge in [0.2, 0.25) is 0 Å². The summed E-state index contributed by atoms with van der Waals surface area (Å²) in [6.07, 6.45) is 4.10. The molecule has 5 rings (SSSR count). The Kier molecular flexibility index (Phi) is 6.34. The highest BCUT2D eigenvalue weighted by Gasteiger charge is 2.23. The van der Waals surface area contributed by atoms with Crippen molar-refractivity contribution >= 4 is 17.4 Å². The van der Waals surface area contributed by atoms with Crippen LogP contribution in [0.2, 0.25) is 0 Å². The van der Waals surface area contributed by atoms with E-state index in [-0.39, 0.29) is 11.9 Å². The van der Waals surface area contributed by atoms with Crippen LogP contribution in [0.1, 0.15) is 21.6 Å². The average molecular weight is 445 g/mol. The molecule has 1 atom stereocenters. The maximum Gasteiger partial charge on any atom is 0.253 e. The Morgan fingerprint density at radius 2 is 2.03 bits per heavy atom. The maximum atomic E-state index is 12.7. The number of aromatic nitrogens is 2. The first-order valence-electron chi connectivity index (χ1n) is 11.4. The van der Waals surface area contributed by atoms with Gasteiger partial charge < -0.3 is 25.6 Å². The molecule has 2 aliphatic heterocycles.